The Labute approximate surface area is 129 Å². The van der Waals surface area contributed by atoms with Gasteiger partial charge >= 0.3 is 5.97 Å². The van der Waals surface area contributed by atoms with Gasteiger partial charge in [-0.2, -0.15) is 0 Å². The third-order valence-electron chi connectivity index (χ3n) is 2.76. The molecule has 0 radical (unpaired) electrons. The second kappa shape index (κ2) is 6.23. The topological polar surface area (TPSA) is 88.9 Å². The van der Waals surface area contributed by atoms with Gasteiger partial charge in [0.25, 0.3) is 0 Å². The zero-order valence-electron chi connectivity index (χ0n) is 11.2. The summed E-state index contributed by atoms with van der Waals surface area (Å²) in [6, 6.07) is 5.23. The zero-order valence-corrected chi connectivity index (χ0v) is 12.1. The van der Waals surface area contributed by atoms with E-state index in [-0.39, 0.29) is 5.69 Å². The number of carboxylic acid groups (broad SMARTS) is 1. The summed E-state index contributed by atoms with van der Waals surface area (Å²) in [5.41, 5.74) is 1.46. The number of carboxylic acids is 1. The Kier molecular flexibility index (Phi) is 3.97. The molecule has 0 fully saturated rings. The van der Waals surface area contributed by atoms with Crippen LogP contribution in [0.15, 0.2) is 43.1 Å². The summed E-state index contributed by atoms with van der Waals surface area (Å²) in [7, 11) is 0. The van der Waals surface area contributed by atoms with Gasteiger partial charge in [0.2, 0.25) is 0 Å². The van der Waals surface area contributed by atoms with Gasteiger partial charge in [-0.05, 0) is 30.4 Å². The molecule has 0 aliphatic heterocycles. The minimum atomic E-state index is -1.08. The van der Waals surface area contributed by atoms with E-state index >= 15 is 0 Å². The molecule has 0 aliphatic carbocycles. The van der Waals surface area contributed by atoms with Gasteiger partial charge < -0.3 is 5.11 Å². The Bertz CT molecular complexity index is 830. The molecule has 0 amide bonds. The first-order chi connectivity index (χ1) is 10.7. The molecule has 3 aromatic rings. The Hall–Kier alpha value is -2.93. The second-order valence-corrected chi connectivity index (χ2v) is 5.34. The standard InChI is InChI=1S/C15H10N4O2S/c20-15(21)13-6-11(18-9-19-13)3-4-12-8-17-14(22-12)10-2-1-5-16-7-10/h1-9H,(H,20,21)/b4-3+. The van der Waals surface area contributed by atoms with Crippen molar-refractivity contribution >= 4 is 29.5 Å². The minimum absolute atomic E-state index is 0.0324. The number of nitrogens with zero attached hydrogens (tertiary/aromatic N) is 4. The quantitative estimate of drug-likeness (QED) is 0.797. The summed E-state index contributed by atoms with van der Waals surface area (Å²) in [4.78, 5) is 27.9. The molecule has 0 aromatic carbocycles. The van der Waals surface area contributed by atoms with E-state index in [1.165, 1.54) is 23.7 Å². The lowest BCUT2D eigenvalue weighted by molar-refractivity contribution is 0.0690. The molecule has 6 nitrogen and oxygen atoms in total. The van der Waals surface area contributed by atoms with Crippen LogP contribution in [0.25, 0.3) is 22.7 Å². The SMILES string of the molecule is O=C(O)c1cc(/C=C/c2cnc(-c3cccnc3)s2)ncn1. The fourth-order valence-electron chi connectivity index (χ4n) is 1.73. The first-order valence-corrected chi connectivity index (χ1v) is 7.14. The van der Waals surface area contributed by atoms with Crippen molar-refractivity contribution in [1.82, 2.24) is 19.9 Å². The highest BCUT2D eigenvalue weighted by Gasteiger charge is 2.05. The summed E-state index contributed by atoms with van der Waals surface area (Å²) < 4.78 is 0. The van der Waals surface area contributed by atoms with Gasteiger partial charge in [-0.1, -0.05) is 0 Å². The number of hydrogen-bond donors (Lipinski definition) is 1. The largest absolute Gasteiger partial charge is 0.477 e. The molecule has 0 atom stereocenters. The molecule has 3 aromatic heterocycles. The van der Waals surface area contributed by atoms with E-state index in [1.54, 1.807) is 24.7 Å². The van der Waals surface area contributed by atoms with Crippen LogP contribution in [0.3, 0.4) is 0 Å². The van der Waals surface area contributed by atoms with Crippen molar-refractivity contribution in [1.29, 1.82) is 0 Å². The van der Waals surface area contributed by atoms with E-state index in [0.29, 0.717) is 5.69 Å². The Balaban J connectivity index is 1.80. The molecule has 0 aliphatic rings. The first kappa shape index (κ1) is 14.0. The second-order valence-electron chi connectivity index (χ2n) is 4.28. The average Bonchev–Trinajstić information content (AvgIpc) is 3.03. The molecule has 3 heterocycles. The van der Waals surface area contributed by atoms with Gasteiger partial charge in [-0.25, -0.2) is 19.7 Å². The lowest BCUT2D eigenvalue weighted by Gasteiger charge is -1.94. The van der Waals surface area contributed by atoms with Crippen LogP contribution in [0.5, 0.6) is 0 Å². The van der Waals surface area contributed by atoms with E-state index in [4.69, 9.17) is 5.11 Å². The zero-order chi connectivity index (χ0) is 15.4. The van der Waals surface area contributed by atoms with E-state index in [9.17, 15) is 4.79 Å². The van der Waals surface area contributed by atoms with Crippen molar-refractivity contribution in [2.45, 2.75) is 0 Å². The van der Waals surface area contributed by atoms with Crippen LogP contribution in [0.2, 0.25) is 0 Å². The highest BCUT2D eigenvalue weighted by atomic mass is 32.1. The summed E-state index contributed by atoms with van der Waals surface area (Å²) in [6.07, 6.45) is 10.0. The van der Waals surface area contributed by atoms with Crippen molar-refractivity contribution in [3.63, 3.8) is 0 Å². The number of thiazole rings is 1. The number of aromatic carboxylic acids is 1. The molecule has 0 saturated carbocycles. The molecule has 0 bridgehead atoms. The molecular formula is C15H10N4O2S. The fourth-order valence-corrected chi connectivity index (χ4v) is 2.54. The third-order valence-corrected chi connectivity index (χ3v) is 3.77. The first-order valence-electron chi connectivity index (χ1n) is 6.32. The predicted octanol–water partition coefficient (Wildman–Crippen LogP) is 2.86. The highest BCUT2D eigenvalue weighted by molar-refractivity contribution is 7.15. The highest BCUT2D eigenvalue weighted by Crippen LogP contribution is 2.25. The van der Waals surface area contributed by atoms with Crippen molar-refractivity contribution in [3.8, 4) is 10.6 Å². The van der Waals surface area contributed by atoms with Crippen molar-refractivity contribution < 1.29 is 9.90 Å². The maximum absolute atomic E-state index is 10.9. The smallest absolute Gasteiger partial charge is 0.354 e. The summed E-state index contributed by atoms with van der Waals surface area (Å²) in [5.74, 6) is -1.08. The lowest BCUT2D eigenvalue weighted by Crippen LogP contribution is -2.00. The number of pyridine rings is 1. The molecule has 0 spiro atoms. The van der Waals surface area contributed by atoms with Crippen LogP contribution in [0.4, 0.5) is 0 Å². The lowest BCUT2D eigenvalue weighted by atomic mass is 10.3. The molecule has 0 unspecified atom stereocenters. The molecule has 0 saturated heterocycles. The number of aromatic nitrogens is 4. The van der Waals surface area contributed by atoms with Gasteiger partial charge in [0.1, 0.15) is 11.3 Å². The Morgan fingerprint density at radius 2 is 2.09 bits per heavy atom. The molecule has 7 heteroatoms. The maximum Gasteiger partial charge on any atom is 0.354 e. The van der Waals surface area contributed by atoms with Gasteiger partial charge in [0.05, 0.1) is 5.69 Å². The summed E-state index contributed by atoms with van der Waals surface area (Å²) in [6.45, 7) is 0. The third kappa shape index (κ3) is 3.21. The van der Waals surface area contributed by atoms with E-state index < -0.39 is 5.97 Å². The van der Waals surface area contributed by atoms with Crippen LogP contribution < -0.4 is 0 Å². The number of carbonyl (C=O) groups is 1. The van der Waals surface area contributed by atoms with Crippen LogP contribution in [0.1, 0.15) is 21.1 Å². The van der Waals surface area contributed by atoms with Gasteiger partial charge in [-0.15, -0.1) is 11.3 Å². The monoisotopic (exact) mass is 310 g/mol. The number of hydrogen-bond acceptors (Lipinski definition) is 6. The predicted molar refractivity (Wildman–Crippen MR) is 83.3 cm³/mol. The summed E-state index contributed by atoms with van der Waals surface area (Å²) in [5, 5.41) is 9.77. The van der Waals surface area contributed by atoms with Gasteiger partial charge in [0, 0.05) is 29.0 Å². The average molecular weight is 310 g/mol. The molecule has 1 N–H and O–H groups in total. The van der Waals surface area contributed by atoms with Crippen molar-refractivity contribution in [3.05, 3.63) is 59.4 Å². The van der Waals surface area contributed by atoms with Crippen LogP contribution >= 0.6 is 11.3 Å². The van der Waals surface area contributed by atoms with Crippen LogP contribution in [-0.2, 0) is 0 Å². The molecule has 3 rings (SSSR count). The van der Waals surface area contributed by atoms with E-state index in [1.807, 2.05) is 18.2 Å². The van der Waals surface area contributed by atoms with Crippen molar-refractivity contribution in [2.75, 3.05) is 0 Å². The normalized spacial score (nSPS) is 10.9. The maximum atomic E-state index is 10.9. The summed E-state index contributed by atoms with van der Waals surface area (Å²) >= 11 is 1.52. The molecular weight excluding hydrogens is 300 g/mol. The minimum Gasteiger partial charge on any atom is -0.477 e. The van der Waals surface area contributed by atoms with Gasteiger partial charge in [0.15, 0.2) is 5.69 Å². The fraction of sp³-hybridized carbons (Fsp3) is 0. The molecule has 108 valence electrons. The Morgan fingerprint density at radius 1 is 1.18 bits per heavy atom. The van der Waals surface area contributed by atoms with Crippen LogP contribution in [0, 0.1) is 0 Å². The van der Waals surface area contributed by atoms with Crippen LogP contribution in [-0.4, -0.2) is 31.0 Å². The van der Waals surface area contributed by atoms with Crippen molar-refractivity contribution in [2.24, 2.45) is 0 Å². The van der Waals surface area contributed by atoms with E-state index in [0.717, 1.165) is 15.4 Å². The Morgan fingerprint density at radius 3 is 2.86 bits per heavy atom. The van der Waals surface area contributed by atoms with Gasteiger partial charge in [-0.3, -0.25) is 4.98 Å². The van der Waals surface area contributed by atoms with E-state index in [2.05, 4.69) is 19.9 Å². The molecule has 22 heavy (non-hydrogen) atoms. The number of rotatable bonds is 4.